The summed E-state index contributed by atoms with van der Waals surface area (Å²) in [5, 5.41) is 13.1. The molecule has 0 fully saturated rings. The van der Waals surface area contributed by atoms with E-state index < -0.39 is 10.2 Å². The van der Waals surface area contributed by atoms with E-state index in [1.165, 1.54) is 23.9 Å². The van der Waals surface area contributed by atoms with Crippen LogP contribution >= 0.6 is 11.8 Å². The second-order valence-electron chi connectivity index (χ2n) is 3.77. The number of nitrogens with one attached hydrogen (secondary N) is 1. The highest BCUT2D eigenvalue weighted by Crippen LogP contribution is 2.38. The fraction of sp³-hybridized carbons (Fsp3) is 0.417. The number of nitro benzene ring substituents is 1. The predicted octanol–water partition coefficient (Wildman–Crippen LogP) is 2.11. The predicted molar refractivity (Wildman–Crippen MR) is 77.1 cm³/mol. The largest absolute Gasteiger partial charge is 0.398 e. The van der Waals surface area contributed by atoms with Gasteiger partial charge < -0.3 is 11.1 Å². The Kier molecular flexibility index (Phi) is 5.62. The Balaban J connectivity index is 3.28. The highest BCUT2D eigenvalue weighted by molar-refractivity contribution is 8.00. The number of anilines is 1. The van der Waals surface area contributed by atoms with Crippen molar-refractivity contribution in [2.75, 3.05) is 18.0 Å². The highest BCUT2D eigenvalue weighted by Gasteiger charge is 2.29. The summed E-state index contributed by atoms with van der Waals surface area (Å²) in [5.41, 5.74) is 6.27. The molecule has 0 heterocycles. The molecule has 1 atom stereocenters. The summed E-state index contributed by atoms with van der Waals surface area (Å²) in [5.74, 6) is 0.406. The molecule has 0 spiro atoms. The average molecular weight is 283 g/mol. The summed E-state index contributed by atoms with van der Waals surface area (Å²) in [7, 11) is 0. The van der Waals surface area contributed by atoms with Crippen molar-refractivity contribution in [3.05, 3.63) is 33.9 Å². The smallest absolute Gasteiger partial charge is 0.276 e. The Morgan fingerprint density at radius 2 is 2.21 bits per heavy atom. The molecule has 0 aromatic heterocycles. The molecular weight excluding hydrogens is 266 g/mol. The normalized spacial score (nSPS) is 11.9. The summed E-state index contributed by atoms with van der Waals surface area (Å²) in [6, 6.07) is 4.46. The Morgan fingerprint density at radius 1 is 1.53 bits per heavy atom. The number of amides is 1. The first-order valence-corrected chi connectivity index (χ1v) is 6.99. The van der Waals surface area contributed by atoms with Gasteiger partial charge in [-0.05, 0) is 18.7 Å². The van der Waals surface area contributed by atoms with Gasteiger partial charge in [0, 0.05) is 18.3 Å². The van der Waals surface area contributed by atoms with Crippen LogP contribution in [0.1, 0.15) is 24.7 Å². The molecule has 0 bridgehead atoms. The van der Waals surface area contributed by atoms with Crippen molar-refractivity contribution in [1.82, 2.24) is 5.32 Å². The number of benzene rings is 1. The standard InChI is InChI=1S/C12H17N3O3S/c1-3-14-12(16)11(19-4-2)10-8(13)6-5-7-9(10)15(17)18/h5-7,11H,3-4,13H2,1-2H3,(H,14,16). The van der Waals surface area contributed by atoms with Gasteiger partial charge in [0.15, 0.2) is 0 Å². The van der Waals surface area contributed by atoms with Gasteiger partial charge in [-0.15, -0.1) is 11.8 Å². The molecule has 6 nitrogen and oxygen atoms in total. The van der Waals surface area contributed by atoms with Crippen molar-refractivity contribution in [3.63, 3.8) is 0 Å². The van der Waals surface area contributed by atoms with Crippen LogP contribution in [0.25, 0.3) is 0 Å². The zero-order valence-corrected chi connectivity index (χ0v) is 11.7. The lowest BCUT2D eigenvalue weighted by molar-refractivity contribution is -0.385. The first-order chi connectivity index (χ1) is 9.02. The van der Waals surface area contributed by atoms with Gasteiger partial charge in [-0.1, -0.05) is 13.0 Å². The van der Waals surface area contributed by atoms with E-state index in [4.69, 9.17) is 5.73 Å². The molecule has 0 aliphatic carbocycles. The number of likely N-dealkylation sites (N-methyl/N-ethyl adjacent to an activating group) is 1. The van der Waals surface area contributed by atoms with Gasteiger partial charge in [-0.25, -0.2) is 0 Å². The lowest BCUT2D eigenvalue weighted by Gasteiger charge is -2.17. The number of hydrogen-bond donors (Lipinski definition) is 2. The lowest BCUT2D eigenvalue weighted by atomic mass is 10.1. The Labute approximate surface area is 115 Å². The van der Waals surface area contributed by atoms with Crippen LogP contribution in [-0.2, 0) is 4.79 Å². The minimum atomic E-state index is -0.661. The van der Waals surface area contributed by atoms with Crippen LogP contribution in [0.15, 0.2) is 18.2 Å². The topological polar surface area (TPSA) is 98.3 Å². The maximum Gasteiger partial charge on any atom is 0.276 e. The minimum Gasteiger partial charge on any atom is -0.398 e. The van der Waals surface area contributed by atoms with E-state index in [-0.39, 0.29) is 22.8 Å². The number of hydrogen-bond acceptors (Lipinski definition) is 5. The second kappa shape index (κ2) is 6.98. The van der Waals surface area contributed by atoms with E-state index >= 15 is 0 Å². The van der Waals surface area contributed by atoms with Crippen LogP contribution in [0.4, 0.5) is 11.4 Å². The quantitative estimate of drug-likeness (QED) is 0.473. The average Bonchev–Trinajstić information content (AvgIpc) is 2.36. The molecule has 1 amide bonds. The van der Waals surface area contributed by atoms with Gasteiger partial charge in [0.25, 0.3) is 5.69 Å². The fourth-order valence-electron chi connectivity index (χ4n) is 1.74. The molecule has 1 aromatic carbocycles. The highest BCUT2D eigenvalue weighted by atomic mass is 32.2. The monoisotopic (exact) mass is 283 g/mol. The van der Waals surface area contributed by atoms with Crippen molar-refractivity contribution in [2.45, 2.75) is 19.1 Å². The number of nitrogens with zero attached hydrogens (tertiary/aromatic N) is 1. The Morgan fingerprint density at radius 3 is 2.74 bits per heavy atom. The van der Waals surface area contributed by atoms with E-state index in [1.807, 2.05) is 6.92 Å². The van der Waals surface area contributed by atoms with Crippen molar-refractivity contribution in [3.8, 4) is 0 Å². The maximum absolute atomic E-state index is 12.1. The maximum atomic E-state index is 12.1. The van der Waals surface area contributed by atoms with Crippen molar-refractivity contribution in [2.24, 2.45) is 0 Å². The third-order valence-electron chi connectivity index (χ3n) is 2.50. The van der Waals surface area contributed by atoms with Crippen molar-refractivity contribution in [1.29, 1.82) is 0 Å². The van der Waals surface area contributed by atoms with Crippen LogP contribution in [0.2, 0.25) is 0 Å². The van der Waals surface area contributed by atoms with Crippen LogP contribution in [0.5, 0.6) is 0 Å². The van der Waals surface area contributed by atoms with E-state index in [9.17, 15) is 14.9 Å². The molecule has 0 aliphatic rings. The molecule has 1 unspecified atom stereocenters. The van der Waals surface area contributed by atoms with Gasteiger partial charge in [0.2, 0.25) is 5.91 Å². The molecule has 0 saturated heterocycles. The minimum absolute atomic E-state index is 0.114. The first-order valence-electron chi connectivity index (χ1n) is 5.95. The summed E-state index contributed by atoms with van der Waals surface area (Å²) in [6.07, 6.45) is 0. The summed E-state index contributed by atoms with van der Waals surface area (Å²) >= 11 is 1.33. The van der Waals surface area contributed by atoms with Crippen molar-refractivity contribution < 1.29 is 9.72 Å². The molecule has 0 saturated carbocycles. The number of nitrogens with two attached hydrogens (primary N) is 1. The summed E-state index contributed by atoms with van der Waals surface area (Å²) in [6.45, 7) is 4.16. The molecular formula is C12H17N3O3S. The van der Waals surface area contributed by atoms with Gasteiger partial charge in [0.1, 0.15) is 5.25 Å². The van der Waals surface area contributed by atoms with Crippen molar-refractivity contribution >= 4 is 29.0 Å². The number of thioether (sulfide) groups is 1. The van der Waals surface area contributed by atoms with E-state index in [0.29, 0.717) is 12.3 Å². The zero-order valence-electron chi connectivity index (χ0n) is 10.9. The zero-order chi connectivity index (χ0) is 14.4. The van der Waals surface area contributed by atoms with Crippen LogP contribution in [0, 0.1) is 10.1 Å². The third-order valence-corrected chi connectivity index (χ3v) is 3.61. The molecule has 1 aromatic rings. The van der Waals surface area contributed by atoms with Crippen LogP contribution in [-0.4, -0.2) is 23.1 Å². The van der Waals surface area contributed by atoms with E-state index in [2.05, 4.69) is 5.32 Å². The summed E-state index contributed by atoms with van der Waals surface area (Å²) < 4.78 is 0. The number of rotatable bonds is 6. The van der Waals surface area contributed by atoms with Gasteiger partial charge in [-0.3, -0.25) is 14.9 Å². The fourth-order valence-corrected chi connectivity index (χ4v) is 2.73. The molecule has 3 N–H and O–H groups in total. The molecule has 0 radical (unpaired) electrons. The number of nitro groups is 1. The lowest BCUT2D eigenvalue weighted by Crippen LogP contribution is -2.28. The second-order valence-corrected chi connectivity index (χ2v) is 5.15. The number of carbonyl (C=O) groups is 1. The third kappa shape index (κ3) is 3.60. The van der Waals surface area contributed by atoms with E-state index in [0.717, 1.165) is 0 Å². The summed E-state index contributed by atoms with van der Waals surface area (Å²) in [4.78, 5) is 22.6. The molecule has 0 aliphatic heterocycles. The van der Waals surface area contributed by atoms with Gasteiger partial charge in [-0.2, -0.15) is 0 Å². The number of nitrogen functional groups attached to an aromatic ring is 1. The molecule has 104 valence electrons. The molecule has 7 heteroatoms. The Bertz CT molecular complexity index is 479. The Hall–Kier alpha value is -1.76. The van der Waals surface area contributed by atoms with Gasteiger partial charge >= 0.3 is 0 Å². The van der Waals surface area contributed by atoms with Crippen LogP contribution < -0.4 is 11.1 Å². The molecule has 19 heavy (non-hydrogen) atoms. The SMILES string of the molecule is CCNC(=O)C(SCC)c1c(N)cccc1[N+](=O)[O-]. The van der Waals surface area contributed by atoms with E-state index in [1.54, 1.807) is 13.0 Å². The molecule has 1 rings (SSSR count). The van der Waals surface area contributed by atoms with Gasteiger partial charge in [0.05, 0.1) is 10.5 Å². The van der Waals surface area contributed by atoms with Crippen LogP contribution in [0.3, 0.4) is 0 Å². The first kappa shape index (κ1) is 15.3. The number of carbonyl (C=O) groups excluding carboxylic acids is 1.